The first-order valence-corrected chi connectivity index (χ1v) is 7.48. The summed E-state index contributed by atoms with van der Waals surface area (Å²) in [6.45, 7) is 7.51. The number of para-hydroxylation sites is 1. The molecule has 0 saturated heterocycles. The standard InChI is InChI=1S/C17H28N2O.ClH/c1-17(2,3)12-6-7-13-19-16(20)11-10-14-8-4-5-9-15(14)18;/h4-5,8-9H,6-7,10-13,18H2,1-3H3,(H,19,20);1H. The Morgan fingerprint density at radius 3 is 2.48 bits per heavy atom. The van der Waals surface area contributed by atoms with Gasteiger partial charge in [0, 0.05) is 18.7 Å². The van der Waals surface area contributed by atoms with E-state index in [2.05, 4.69) is 26.1 Å². The molecule has 0 aromatic heterocycles. The second kappa shape index (κ2) is 9.67. The molecule has 0 spiro atoms. The molecule has 3 nitrogen and oxygen atoms in total. The summed E-state index contributed by atoms with van der Waals surface area (Å²) in [5.74, 6) is 0.115. The van der Waals surface area contributed by atoms with Gasteiger partial charge in [-0.15, -0.1) is 12.4 Å². The van der Waals surface area contributed by atoms with Crippen LogP contribution in [0.4, 0.5) is 5.69 Å². The summed E-state index contributed by atoms with van der Waals surface area (Å²) in [4.78, 5) is 11.7. The van der Waals surface area contributed by atoms with E-state index in [0.29, 0.717) is 18.3 Å². The largest absolute Gasteiger partial charge is 0.399 e. The molecule has 0 bridgehead atoms. The van der Waals surface area contributed by atoms with Gasteiger partial charge < -0.3 is 11.1 Å². The summed E-state index contributed by atoms with van der Waals surface area (Å²) >= 11 is 0. The van der Waals surface area contributed by atoms with E-state index in [4.69, 9.17) is 5.73 Å². The molecule has 0 atom stereocenters. The lowest BCUT2D eigenvalue weighted by molar-refractivity contribution is -0.121. The molecule has 0 heterocycles. The first-order chi connectivity index (χ1) is 9.38. The number of benzene rings is 1. The number of hydrogen-bond donors (Lipinski definition) is 2. The third-order valence-electron chi connectivity index (χ3n) is 3.35. The molecular weight excluding hydrogens is 284 g/mol. The van der Waals surface area contributed by atoms with Crippen LogP contribution in [0, 0.1) is 5.41 Å². The predicted molar refractivity (Wildman–Crippen MR) is 92.7 cm³/mol. The molecule has 3 N–H and O–H groups in total. The molecule has 1 aromatic rings. The Bertz CT molecular complexity index is 427. The third-order valence-corrected chi connectivity index (χ3v) is 3.35. The molecule has 1 amide bonds. The van der Waals surface area contributed by atoms with Crippen LogP contribution in [0.5, 0.6) is 0 Å². The first-order valence-electron chi connectivity index (χ1n) is 7.48. The van der Waals surface area contributed by atoms with Gasteiger partial charge in [0.2, 0.25) is 5.91 Å². The lowest BCUT2D eigenvalue weighted by Gasteiger charge is -2.17. The predicted octanol–water partition coefficient (Wildman–Crippen LogP) is 3.96. The van der Waals surface area contributed by atoms with Crippen molar-refractivity contribution in [2.24, 2.45) is 5.41 Å². The highest BCUT2D eigenvalue weighted by atomic mass is 35.5. The zero-order valence-electron chi connectivity index (χ0n) is 13.4. The highest BCUT2D eigenvalue weighted by molar-refractivity contribution is 5.85. The fourth-order valence-electron chi connectivity index (χ4n) is 2.11. The van der Waals surface area contributed by atoms with Crippen molar-refractivity contribution in [2.75, 3.05) is 12.3 Å². The van der Waals surface area contributed by atoms with Crippen molar-refractivity contribution in [2.45, 2.75) is 52.9 Å². The number of halogens is 1. The van der Waals surface area contributed by atoms with Gasteiger partial charge in [0.1, 0.15) is 0 Å². The molecule has 0 aliphatic heterocycles. The molecule has 0 saturated carbocycles. The van der Waals surface area contributed by atoms with Gasteiger partial charge in [0.15, 0.2) is 0 Å². The van der Waals surface area contributed by atoms with E-state index < -0.39 is 0 Å². The van der Waals surface area contributed by atoms with Crippen LogP contribution in [-0.2, 0) is 11.2 Å². The van der Waals surface area contributed by atoms with E-state index in [9.17, 15) is 4.79 Å². The molecule has 0 radical (unpaired) electrons. The summed E-state index contributed by atoms with van der Waals surface area (Å²) in [7, 11) is 0. The van der Waals surface area contributed by atoms with Gasteiger partial charge in [-0.25, -0.2) is 0 Å². The molecular formula is C17H29ClN2O. The maximum atomic E-state index is 11.7. The Hall–Kier alpha value is -1.22. The Morgan fingerprint density at radius 2 is 1.86 bits per heavy atom. The highest BCUT2D eigenvalue weighted by Gasteiger charge is 2.09. The van der Waals surface area contributed by atoms with E-state index >= 15 is 0 Å². The van der Waals surface area contributed by atoms with Gasteiger partial charge >= 0.3 is 0 Å². The average Bonchev–Trinajstić information content (AvgIpc) is 2.36. The Balaban J connectivity index is 0.00000400. The van der Waals surface area contributed by atoms with E-state index in [1.165, 1.54) is 6.42 Å². The number of carbonyl (C=O) groups excluding carboxylic acids is 1. The summed E-state index contributed by atoms with van der Waals surface area (Å²) in [6, 6.07) is 7.72. The quantitative estimate of drug-likeness (QED) is 0.591. The molecule has 0 fully saturated rings. The van der Waals surface area contributed by atoms with Crippen molar-refractivity contribution in [1.82, 2.24) is 5.32 Å². The first kappa shape index (κ1) is 19.8. The monoisotopic (exact) mass is 312 g/mol. The highest BCUT2D eigenvalue weighted by Crippen LogP contribution is 2.21. The number of aryl methyl sites for hydroxylation is 1. The third kappa shape index (κ3) is 9.35. The Kier molecular flexibility index (Phi) is 9.11. The maximum absolute atomic E-state index is 11.7. The second-order valence-corrected chi connectivity index (χ2v) is 6.57. The minimum absolute atomic E-state index is 0. The van der Waals surface area contributed by atoms with Gasteiger partial charge in [0.05, 0.1) is 0 Å². The van der Waals surface area contributed by atoms with E-state index in [-0.39, 0.29) is 18.3 Å². The van der Waals surface area contributed by atoms with Gasteiger partial charge in [-0.2, -0.15) is 0 Å². The van der Waals surface area contributed by atoms with Crippen molar-refractivity contribution in [3.05, 3.63) is 29.8 Å². The zero-order chi connectivity index (χ0) is 15.0. The van der Waals surface area contributed by atoms with Crippen LogP contribution < -0.4 is 11.1 Å². The van der Waals surface area contributed by atoms with E-state index in [1.54, 1.807) is 0 Å². The number of nitrogens with one attached hydrogen (secondary N) is 1. The van der Waals surface area contributed by atoms with Crippen molar-refractivity contribution in [1.29, 1.82) is 0 Å². The number of hydrogen-bond acceptors (Lipinski definition) is 2. The topological polar surface area (TPSA) is 55.1 Å². The van der Waals surface area contributed by atoms with Gasteiger partial charge in [-0.3, -0.25) is 4.79 Å². The molecule has 0 aliphatic rings. The van der Waals surface area contributed by atoms with E-state index in [0.717, 1.165) is 30.6 Å². The van der Waals surface area contributed by atoms with Crippen LogP contribution in [0.3, 0.4) is 0 Å². The maximum Gasteiger partial charge on any atom is 0.220 e. The molecule has 1 rings (SSSR count). The Morgan fingerprint density at radius 1 is 1.19 bits per heavy atom. The van der Waals surface area contributed by atoms with Gasteiger partial charge in [-0.1, -0.05) is 45.4 Å². The molecule has 21 heavy (non-hydrogen) atoms. The molecule has 0 unspecified atom stereocenters. The van der Waals surface area contributed by atoms with E-state index in [1.807, 2.05) is 24.3 Å². The SMILES string of the molecule is CC(C)(C)CCCCNC(=O)CCc1ccccc1N.Cl. The zero-order valence-corrected chi connectivity index (χ0v) is 14.3. The number of carbonyl (C=O) groups is 1. The summed E-state index contributed by atoms with van der Waals surface area (Å²) < 4.78 is 0. The van der Waals surface area contributed by atoms with Crippen LogP contribution in [0.2, 0.25) is 0 Å². The molecule has 120 valence electrons. The smallest absolute Gasteiger partial charge is 0.220 e. The molecule has 1 aromatic carbocycles. The van der Waals surface area contributed by atoms with Crippen molar-refractivity contribution < 1.29 is 4.79 Å². The number of amides is 1. The van der Waals surface area contributed by atoms with Crippen molar-refractivity contribution in [3.8, 4) is 0 Å². The van der Waals surface area contributed by atoms with Crippen LogP contribution in [0.25, 0.3) is 0 Å². The fourth-order valence-corrected chi connectivity index (χ4v) is 2.11. The normalized spacial score (nSPS) is 10.8. The Labute approximate surface area is 135 Å². The number of anilines is 1. The van der Waals surface area contributed by atoms with Crippen LogP contribution in [0.1, 0.15) is 52.0 Å². The average molecular weight is 313 g/mol. The molecule has 0 aliphatic carbocycles. The minimum atomic E-state index is 0. The van der Waals surface area contributed by atoms with Crippen LogP contribution in [0.15, 0.2) is 24.3 Å². The van der Waals surface area contributed by atoms with Crippen LogP contribution in [-0.4, -0.2) is 12.5 Å². The second-order valence-electron chi connectivity index (χ2n) is 6.57. The fraction of sp³-hybridized carbons (Fsp3) is 0.588. The minimum Gasteiger partial charge on any atom is -0.399 e. The lowest BCUT2D eigenvalue weighted by Crippen LogP contribution is -2.24. The van der Waals surface area contributed by atoms with Crippen molar-refractivity contribution in [3.63, 3.8) is 0 Å². The number of unbranched alkanes of at least 4 members (excludes halogenated alkanes) is 1. The van der Waals surface area contributed by atoms with Gasteiger partial charge in [0.25, 0.3) is 0 Å². The number of nitrogens with two attached hydrogens (primary N) is 1. The lowest BCUT2D eigenvalue weighted by atomic mass is 9.90. The molecule has 4 heteroatoms. The summed E-state index contributed by atoms with van der Waals surface area (Å²) in [6.07, 6.45) is 4.63. The number of rotatable bonds is 7. The van der Waals surface area contributed by atoms with Gasteiger partial charge in [-0.05, 0) is 36.3 Å². The van der Waals surface area contributed by atoms with Crippen LogP contribution >= 0.6 is 12.4 Å². The number of nitrogen functional groups attached to an aromatic ring is 1. The van der Waals surface area contributed by atoms with Crippen molar-refractivity contribution >= 4 is 24.0 Å². The summed E-state index contributed by atoms with van der Waals surface area (Å²) in [5, 5.41) is 2.98. The summed E-state index contributed by atoms with van der Waals surface area (Å²) in [5.41, 5.74) is 8.06.